The van der Waals surface area contributed by atoms with E-state index < -0.39 is 0 Å². The molecule has 372 valence electrons. The fraction of sp³-hybridized carbons (Fsp3) is 0.964. The number of rotatable bonds is 45. The van der Waals surface area contributed by atoms with Gasteiger partial charge in [0.1, 0.15) is 0 Å². The summed E-state index contributed by atoms with van der Waals surface area (Å²) >= 11 is 0. The maximum absolute atomic E-state index is 12.9. The molecule has 0 aliphatic heterocycles. The van der Waals surface area contributed by atoms with Crippen molar-refractivity contribution in [2.75, 3.05) is 39.4 Å². The second kappa shape index (κ2) is 41.0. The number of carbonyl (C=O) groups is 2. The summed E-state index contributed by atoms with van der Waals surface area (Å²) in [6.45, 7) is 14.6. The zero-order valence-electron chi connectivity index (χ0n) is 42.7. The van der Waals surface area contributed by atoms with E-state index >= 15 is 0 Å². The van der Waals surface area contributed by atoms with Crippen LogP contribution in [0.2, 0.25) is 0 Å². The third-order valence-electron chi connectivity index (χ3n) is 14.8. The third-order valence-corrected chi connectivity index (χ3v) is 14.8. The number of aliphatic hydroxyl groups excluding tert-OH is 1. The number of aliphatic hydroxyl groups is 1. The lowest BCUT2D eigenvalue weighted by Gasteiger charge is -2.46. The first kappa shape index (κ1) is 57.9. The number of ether oxygens (including phenoxy) is 2. The molecule has 0 radical (unpaired) electrons. The summed E-state index contributed by atoms with van der Waals surface area (Å²) in [6, 6.07) is 1.20. The molecule has 2 unspecified atom stereocenters. The van der Waals surface area contributed by atoms with E-state index in [0.717, 1.165) is 77.5 Å². The molecule has 1 N–H and O–H groups in total. The molecule has 2 atom stereocenters. The van der Waals surface area contributed by atoms with Gasteiger partial charge in [-0.25, -0.2) is 0 Å². The topological polar surface area (TPSA) is 79.3 Å². The highest BCUT2D eigenvalue weighted by Crippen LogP contribution is 2.32. The van der Waals surface area contributed by atoms with Crippen molar-refractivity contribution >= 4 is 11.9 Å². The first-order chi connectivity index (χ1) is 30.9. The van der Waals surface area contributed by atoms with Crippen LogP contribution in [-0.2, 0) is 19.1 Å². The number of nitrogens with zero attached hydrogens (tertiary/aromatic N) is 2. The van der Waals surface area contributed by atoms with E-state index in [1.165, 1.54) is 186 Å². The SMILES string of the molecule is CCCCCCCCC(CCCCCC)COC(=O)CCCCCN(CCCCCC(=O)OCC(CCCCCC)CCCCCCCC)CCN(C1CCCCC1)C1CC(O)C1. The fourth-order valence-corrected chi connectivity index (χ4v) is 10.4. The molecule has 0 bridgehead atoms. The summed E-state index contributed by atoms with van der Waals surface area (Å²) in [4.78, 5) is 31.2. The van der Waals surface area contributed by atoms with Crippen molar-refractivity contribution in [3.63, 3.8) is 0 Å². The van der Waals surface area contributed by atoms with Gasteiger partial charge in [-0.2, -0.15) is 0 Å². The average molecular weight is 889 g/mol. The number of carbonyl (C=O) groups excluding carboxylic acids is 2. The Balaban J connectivity index is 1.81. The van der Waals surface area contributed by atoms with E-state index in [1.54, 1.807) is 0 Å². The Kier molecular flexibility index (Phi) is 37.8. The standard InChI is InChI=1S/C56H108N2O5/c1-5-9-13-17-19-26-36-50(34-24-15-11-7-3)48-62-55(60)40-30-22-32-42-57(44-45-58(53-46-54(59)47-53)52-38-28-21-29-39-52)43-33-23-31-41-56(61)63-49-51(35-25-16-12-8-4)37-27-20-18-14-10-6-2/h50-54,59H,5-49H2,1-4H3. The van der Waals surface area contributed by atoms with Gasteiger partial charge in [0.2, 0.25) is 0 Å². The largest absolute Gasteiger partial charge is 0.465 e. The van der Waals surface area contributed by atoms with Crippen molar-refractivity contribution in [1.82, 2.24) is 9.80 Å². The van der Waals surface area contributed by atoms with Gasteiger partial charge >= 0.3 is 11.9 Å². The maximum atomic E-state index is 12.9. The number of esters is 2. The first-order valence-corrected chi connectivity index (χ1v) is 28.4. The molecule has 0 heterocycles. The van der Waals surface area contributed by atoms with Crippen LogP contribution in [0.3, 0.4) is 0 Å². The van der Waals surface area contributed by atoms with E-state index in [2.05, 4.69) is 37.5 Å². The quantitative estimate of drug-likeness (QED) is 0.0482. The summed E-state index contributed by atoms with van der Waals surface area (Å²) in [5.74, 6) is 1.03. The van der Waals surface area contributed by atoms with Gasteiger partial charge in [-0.15, -0.1) is 0 Å². The number of hydrogen-bond acceptors (Lipinski definition) is 7. The van der Waals surface area contributed by atoms with E-state index in [-0.39, 0.29) is 18.0 Å². The van der Waals surface area contributed by atoms with E-state index in [4.69, 9.17) is 9.47 Å². The lowest BCUT2D eigenvalue weighted by atomic mass is 9.84. The molecule has 2 saturated carbocycles. The van der Waals surface area contributed by atoms with Gasteiger partial charge in [0.25, 0.3) is 0 Å². The van der Waals surface area contributed by atoms with Crippen LogP contribution in [0, 0.1) is 11.8 Å². The van der Waals surface area contributed by atoms with Crippen LogP contribution in [0.5, 0.6) is 0 Å². The predicted molar refractivity (Wildman–Crippen MR) is 268 cm³/mol. The Morgan fingerprint density at radius 3 is 1.25 bits per heavy atom. The average Bonchev–Trinajstić information content (AvgIpc) is 3.28. The van der Waals surface area contributed by atoms with Crippen LogP contribution in [0.4, 0.5) is 0 Å². The normalized spacial score (nSPS) is 17.9. The van der Waals surface area contributed by atoms with Crippen molar-refractivity contribution in [3.8, 4) is 0 Å². The van der Waals surface area contributed by atoms with Crippen LogP contribution >= 0.6 is 0 Å². The molecule has 0 aromatic heterocycles. The molecule has 0 saturated heterocycles. The van der Waals surface area contributed by atoms with Gasteiger partial charge in [-0.3, -0.25) is 14.5 Å². The van der Waals surface area contributed by atoms with Crippen LogP contribution in [-0.4, -0.2) is 84.4 Å². The minimum atomic E-state index is -0.121. The van der Waals surface area contributed by atoms with Crippen molar-refractivity contribution in [2.45, 2.75) is 296 Å². The molecule has 2 aliphatic rings. The molecule has 2 aliphatic carbocycles. The molecular formula is C56H108N2O5. The summed E-state index contributed by atoms with van der Waals surface area (Å²) in [7, 11) is 0. The predicted octanol–water partition coefficient (Wildman–Crippen LogP) is 15.3. The van der Waals surface area contributed by atoms with Crippen LogP contribution in [0.25, 0.3) is 0 Å². The molecule has 2 fully saturated rings. The van der Waals surface area contributed by atoms with Crippen molar-refractivity contribution < 1.29 is 24.2 Å². The highest BCUT2D eigenvalue weighted by Gasteiger charge is 2.36. The zero-order chi connectivity index (χ0) is 45.4. The molecule has 0 spiro atoms. The Morgan fingerprint density at radius 1 is 0.460 bits per heavy atom. The van der Waals surface area contributed by atoms with Gasteiger partial charge in [-0.05, 0) is 102 Å². The van der Waals surface area contributed by atoms with Crippen LogP contribution < -0.4 is 0 Å². The van der Waals surface area contributed by atoms with Gasteiger partial charge < -0.3 is 19.5 Å². The van der Waals surface area contributed by atoms with E-state index in [1.807, 2.05) is 0 Å². The lowest BCUT2D eigenvalue weighted by molar-refractivity contribution is -0.146. The third kappa shape index (κ3) is 31.4. The molecule has 0 aromatic carbocycles. The molecule has 7 heteroatoms. The molecule has 7 nitrogen and oxygen atoms in total. The molecule has 0 amide bonds. The Bertz CT molecular complexity index is 971. The van der Waals surface area contributed by atoms with Gasteiger partial charge in [0.15, 0.2) is 0 Å². The van der Waals surface area contributed by atoms with Crippen LogP contribution in [0.1, 0.15) is 278 Å². The molecule has 63 heavy (non-hydrogen) atoms. The van der Waals surface area contributed by atoms with E-state index in [0.29, 0.717) is 50.0 Å². The summed E-state index contributed by atoms with van der Waals surface area (Å²) in [5.41, 5.74) is 0. The Hall–Kier alpha value is -1.18. The van der Waals surface area contributed by atoms with Gasteiger partial charge in [0.05, 0.1) is 19.3 Å². The van der Waals surface area contributed by atoms with Crippen molar-refractivity contribution in [3.05, 3.63) is 0 Å². The maximum Gasteiger partial charge on any atom is 0.305 e. The Morgan fingerprint density at radius 2 is 0.841 bits per heavy atom. The Labute approximate surface area is 392 Å². The smallest absolute Gasteiger partial charge is 0.305 e. The van der Waals surface area contributed by atoms with Crippen LogP contribution in [0.15, 0.2) is 0 Å². The summed E-state index contributed by atoms with van der Waals surface area (Å²) in [5, 5.41) is 10.2. The minimum Gasteiger partial charge on any atom is -0.465 e. The summed E-state index contributed by atoms with van der Waals surface area (Å²) < 4.78 is 11.8. The molecule has 0 aromatic rings. The van der Waals surface area contributed by atoms with Crippen molar-refractivity contribution in [1.29, 1.82) is 0 Å². The van der Waals surface area contributed by atoms with E-state index in [9.17, 15) is 14.7 Å². The number of unbranched alkanes of at least 4 members (excludes halogenated alkanes) is 20. The second-order valence-electron chi connectivity index (χ2n) is 20.7. The number of hydrogen-bond donors (Lipinski definition) is 1. The van der Waals surface area contributed by atoms with Crippen molar-refractivity contribution in [2.24, 2.45) is 11.8 Å². The molecule has 2 rings (SSSR count). The van der Waals surface area contributed by atoms with Gasteiger partial charge in [-0.1, -0.05) is 188 Å². The highest BCUT2D eigenvalue weighted by molar-refractivity contribution is 5.69. The fourth-order valence-electron chi connectivity index (χ4n) is 10.4. The minimum absolute atomic E-state index is 0.00186. The lowest BCUT2D eigenvalue weighted by Crippen LogP contribution is -2.54. The summed E-state index contributed by atoms with van der Waals surface area (Å²) in [6.07, 6.45) is 46.4. The zero-order valence-corrected chi connectivity index (χ0v) is 42.7. The molecular weight excluding hydrogens is 781 g/mol. The highest BCUT2D eigenvalue weighted by atomic mass is 16.5. The second-order valence-corrected chi connectivity index (χ2v) is 20.7. The van der Waals surface area contributed by atoms with Gasteiger partial charge in [0, 0.05) is 38.0 Å². The monoisotopic (exact) mass is 889 g/mol. The first-order valence-electron chi connectivity index (χ1n) is 28.4.